The van der Waals surface area contributed by atoms with Crippen LogP contribution in [0.15, 0.2) is 23.1 Å². The molecule has 0 aromatic heterocycles. The lowest BCUT2D eigenvalue weighted by Gasteiger charge is -2.18. The number of anilines is 1. The van der Waals surface area contributed by atoms with Gasteiger partial charge in [0.05, 0.1) is 17.4 Å². The number of aromatic carboxylic acids is 1. The lowest BCUT2D eigenvalue weighted by Crippen LogP contribution is -2.33. The molecule has 1 atom stereocenters. The Balaban J connectivity index is 1.84. The van der Waals surface area contributed by atoms with Crippen molar-refractivity contribution in [3.8, 4) is 0 Å². The highest BCUT2D eigenvalue weighted by Crippen LogP contribution is 2.26. The second kappa shape index (κ2) is 7.72. The molecular weight excluding hydrogens is 344 g/mol. The van der Waals surface area contributed by atoms with Gasteiger partial charge in [-0.15, -0.1) is 0 Å². The summed E-state index contributed by atoms with van der Waals surface area (Å²) in [6.07, 6.45) is 5.63. The highest BCUT2D eigenvalue weighted by atomic mass is 32.2. The van der Waals surface area contributed by atoms with Gasteiger partial charge in [-0.1, -0.05) is 12.8 Å². The molecule has 2 fully saturated rings. The van der Waals surface area contributed by atoms with E-state index in [0.29, 0.717) is 12.2 Å². The fourth-order valence-corrected chi connectivity index (χ4v) is 4.89. The molecule has 1 saturated heterocycles. The summed E-state index contributed by atoms with van der Waals surface area (Å²) in [7, 11) is -3.79. The van der Waals surface area contributed by atoms with Crippen LogP contribution in [0, 0.1) is 0 Å². The molecule has 1 aromatic carbocycles. The van der Waals surface area contributed by atoms with E-state index in [4.69, 9.17) is 4.74 Å². The molecule has 3 rings (SSSR count). The maximum absolute atomic E-state index is 12.8. The Morgan fingerprint density at radius 3 is 2.60 bits per heavy atom. The van der Waals surface area contributed by atoms with Crippen molar-refractivity contribution < 1.29 is 23.1 Å². The lowest BCUT2D eigenvalue weighted by atomic mass is 10.2. The fourth-order valence-electron chi connectivity index (χ4n) is 3.38. The maximum Gasteiger partial charge on any atom is 0.335 e. The van der Waals surface area contributed by atoms with Crippen LogP contribution in [-0.4, -0.2) is 44.8 Å². The standard InChI is InChI=1S/C17H24N2O5S/c20-17(21)12-7-8-15(18-11-14-6-3-9-24-14)16(10-12)25(22,23)19-13-4-1-2-5-13/h7-8,10,13-14,18-19H,1-6,9,11H2,(H,20,21). The van der Waals surface area contributed by atoms with Crippen LogP contribution >= 0.6 is 0 Å². The van der Waals surface area contributed by atoms with Crippen molar-refractivity contribution in [2.24, 2.45) is 0 Å². The SMILES string of the molecule is O=C(O)c1ccc(NCC2CCCO2)c(S(=O)(=O)NC2CCCC2)c1. The average molecular weight is 368 g/mol. The van der Waals surface area contributed by atoms with Crippen molar-refractivity contribution in [3.63, 3.8) is 0 Å². The predicted octanol–water partition coefficient (Wildman–Crippen LogP) is 2.20. The van der Waals surface area contributed by atoms with Crippen molar-refractivity contribution in [1.29, 1.82) is 0 Å². The molecule has 3 N–H and O–H groups in total. The summed E-state index contributed by atoms with van der Waals surface area (Å²) in [6.45, 7) is 1.22. The zero-order valence-corrected chi connectivity index (χ0v) is 14.8. The summed E-state index contributed by atoms with van der Waals surface area (Å²) in [5, 5.41) is 12.3. The van der Waals surface area contributed by atoms with Crippen LogP contribution in [0.5, 0.6) is 0 Å². The van der Waals surface area contributed by atoms with Gasteiger partial charge in [-0.2, -0.15) is 0 Å². The lowest BCUT2D eigenvalue weighted by molar-refractivity contribution is 0.0696. The Morgan fingerprint density at radius 2 is 1.96 bits per heavy atom. The molecule has 1 heterocycles. The number of hydrogen-bond donors (Lipinski definition) is 3. The van der Waals surface area contributed by atoms with E-state index in [1.165, 1.54) is 18.2 Å². The first kappa shape index (κ1) is 18.2. The van der Waals surface area contributed by atoms with Gasteiger partial charge >= 0.3 is 5.97 Å². The van der Waals surface area contributed by atoms with E-state index >= 15 is 0 Å². The first-order chi connectivity index (χ1) is 12.0. The average Bonchev–Trinajstić information content (AvgIpc) is 3.26. The molecule has 0 amide bonds. The Kier molecular flexibility index (Phi) is 5.61. The van der Waals surface area contributed by atoms with Crippen LogP contribution in [0.4, 0.5) is 5.69 Å². The second-order valence-corrected chi connectivity index (χ2v) is 8.32. The second-order valence-electron chi connectivity index (χ2n) is 6.63. The first-order valence-electron chi connectivity index (χ1n) is 8.71. The summed E-state index contributed by atoms with van der Waals surface area (Å²) < 4.78 is 33.9. The summed E-state index contributed by atoms with van der Waals surface area (Å²) >= 11 is 0. The summed E-state index contributed by atoms with van der Waals surface area (Å²) in [4.78, 5) is 11.2. The topological polar surface area (TPSA) is 105 Å². The predicted molar refractivity (Wildman–Crippen MR) is 93.4 cm³/mol. The van der Waals surface area contributed by atoms with E-state index in [1.807, 2.05) is 0 Å². The molecule has 1 aromatic rings. The number of hydrogen-bond acceptors (Lipinski definition) is 5. The Labute approximate surface area is 147 Å². The largest absolute Gasteiger partial charge is 0.478 e. The van der Waals surface area contributed by atoms with Gasteiger partial charge in [-0.25, -0.2) is 17.9 Å². The molecule has 7 nitrogen and oxygen atoms in total. The van der Waals surface area contributed by atoms with Gasteiger partial charge in [-0.05, 0) is 43.9 Å². The van der Waals surface area contributed by atoms with Crippen LogP contribution in [0.25, 0.3) is 0 Å². The summed E-state index contributed by atoms with van der Waals surface area (Å²) in [5.74, 6) is -1.15. The number of carbonyl (C=O) groups is 1. The van der Waals surface area contributed by atoms with Crippen LogP contribution in [-0.2, 0) is 14.8 Å². The van der Waals surface area contributed by atoms with Gasteiger partial charge in [-0.3, -0.25) is 0 Å². The van der Waals surface area contributed by atoms with Gasteiger partial charge in [0, 0.05) is 19.2 Å². The normalized spacial score (nSPS) is 21.5. The van der Waals surface area contributed by atoms with Crippen molar-refractivity contribution in [3.05, 3.63) is 23.8 Å². The minimum atomic E-state index is -3.79. The molecule has 0 spiro atoms. The molecule has 0 radical (unpaired) electrons. The number of nitrogens with one attached hydrogen (secondary N) is 2. The molecule has 1 saturated carbocycles. The van der Waals surface area contributed by atoms with E-state index in [2.05, 4.69) is 10.0 Å². The van der Waals surface area contributed by atoms with Crippen molar-refractivity contribution in [2.75, 3.05) is 18.5 Å². The van der Waals surface area contributed by atoms with Crippen LogP contribution in [0.1, 0.15) is 48.9 Å². The quantitative estimate of drug-likeness (QED) is 0.681. The van der Waals surface area contributed by atoms with Crippen LogP contribution in [0.2, 0.25) is 0 Å². The molecule has 1 unspecified atom stereocenters. The van der Waals surface area contributed by atoms with Gasteiger partial charge in [0.1, 0.15) is 4.90 Å². The molecular formula is C17H24N2O5S. The zero-order valence-electron chi connectivity index (χ0n) is 14.0. The maximum atomic E-state index is 12.8. The van der Waals surface area contributed by atoms with Gasteiger partial charge in [0.2, 0.25) is 10.0 Å². The third kappa shape index (κ3) is 4.50. The van der Waals surface area contributed by atoms with E-state index < -0.39 is 16.0 Å². The number of rotatable bonds is 7. The van der Waals surface area contributed by atoms with Crippen LogP contribution < -0.4 is 10.0 Å². The van der Waals surface area contributed by atoms with E-state index in [0.717, 1.165) is 45.1 Å². The van der Waals surface area contributed by atoms with Crippen molar-refractivity contribution >= 4 is 21.7 Å². The molecule has 8 heteroatoms. The molecule has 138 valence electrons. The van der Waals surface area contributed by atoms with Gasteiger partial charge < -0.3 is 15.2 Å². The van der Waals surface area contributed by atoms with Gasteiger partial charge in [0.15, 0.2) is 0 Å². The number of sulfonamides is 1. The highest BCUT2D eigenvalue weighted by molar-refractivity contribution is 7.89. The number of benzene rings is 1. The Hall–Kier alpha value is -1.64. The molecule has 1 aliphatic heterocycles. The summed E-state index contributed by atoms with van der Waals surface area (Å²) in [6, 6.07) is 4.07. The molecule has 2 aliphatic rings. The Bertz CT molecular complexity index is 723. The first-order valence-corrected chi connectivity index (χ1v) is 10.2. The number of carboxylic acid groups (broad SMARTS) is 1. The monoisotopic (exact) mass is 368 g/mol. The zero-order chi connectivity index (χ0) is 17.9. The van der Waals surface area contributed by atoms with Crippen molar-refractivity contribution in [1.82, 2.24) is 4.72 Å². The highest BCUT2D eigenvalue weighted by Gasteiger charge is 2.26. The minimum absolute atomic E-state index is 0.0164. The third-order valence-electron chi connectivity index (χ3n) is 4.74. The summed E-state index contributed by atoms with van der Waals surface area (Å²) in [5.41, 5.74) is 0.362. The third-order valence-corrected chi connectivity index (χ3v) is 6.30. The molecule has 25 heavy (non-hydrogen) atoms. The number of ether oxygens (including phenoxy) is 1. The fraction of sp³-hybridized carbons (Fsp3) is 0.588. The van der Waals surface area contributed by atoms with Crippen molar-refractivity contribution in [2.45, 2.75) is 55.6 Å². The van der Waals surface area contributed by atoms with E-state index in [-0.39, 0.29) is 22.6 Å². The molecule has 0 bridgehead atoms. The van der Waals surface area contributed by atoms with Crippen LogP contribution in [0.3, 0.4) is 0 Å². The number of carboxylic acids is 1. The Morgan fingerprint density at radius 1 is 1.20 bits per heavy atom. The molecule has 1 aliphatic carbocycles. The minimum Gasteiger partial charge on any atom is -0.478 e. The smallest absolute Gasteiger partial charge is 0.335 e. The van der Waals surface area contributed by atoms with E-state index in [9.17, 15) is 18.3 Å². The van der Waals surface area contributed by atoms with Gasteiger partial charge in [0.25, 0.3) is 0 Å². The van der Waals surface area contributed by atoms with E-state index in [1.54, 1.807) is 0 Å².